The van der Waals surface area contributed by atoms with Gasteiger partial charge in [-0.25, -0.2) is 9.97 Å². The molecule has 0 atom stereocenters. The van der Waals surface area contributed by atoms with E-state index in [4.69, 9.17) is 4.74 Å². The highest BCUT2D eigenvalue weighted by Gasteiger charge is 2.09. The first kappa shape index (κ1) is 20.6. The average Bonchev–Trinajstić information content (AvgIpc) is 2.77. The van der Waals surface area contributed by atoms with E-state index in [0.717, 1.165) is 31.0 Å². The van der Waals surface area contributed by atoms with Crippen LogP contribution in [-0.4, -0.2) is 47.0 Å². The van der Waals surface area contributed by atoms with Gasteiger partial charge >= 0.3 is 0 Å². The maximum absolute atomic E-state index is 12.2. The SMILES string of the molecule is CCN1CCNC(=O)COc2cccc(c2)Nc2cc(ncn2)Nc2cccc(c2)C1. The maximum Gasteiger partial charge on any atom is 0.257 e. The zero-order valence-electron chi connectivity index (χ0n) is 17.5. The van der Waals surface area contributed by atoms with Gasteiger partial charge in [-0.3, -0.25) is 9.69 Å². The Morgan fingerprint density at radius 1 is 1.00 bits per heavy atom. The van der Waals surface area contributed by atoms with Crippen molar-refractivity contribution in [2.24, 2.45) is 0 Å². The second-order valence-electron chi connectivity index (χ2n) is 7.27. The molecule has 1 amide bonds. The topological polar surface area (TPSA) is 91.4 Å². The van der Waals surface area contributed by atoms with Crippen LogP contribution in [0.25, 0.3) is 0 Å². The van der Waals surface area contributed by atoms with E-state index in [1.165, 1.54) is 11.9 Å². The summed E-state index contributed by atoms with van der Waals surface area (Å²) >= 11 is 0. The van der Waals surface area contributed by atoms with Gasteiger partial charge in [-0.2, -0.15) is 0 Å². The summed E-state index contributed by atoms with van der Waals surface area (Å²) in [6.45, 7) is 5.09. The van der Waals surface area contributed by atoms with Gasteiger partial charge in [-0.15, -0.1) is 0 Å². The monoisotopic (exact) mass is 418 g/mol. The van der Waals surface area contributed by atoms with Gasteiger partial charge in [0, 0.05) is 43.1 Å². The van der Waals surface area contributed by atoms with Gasteiger partial charge in [0.1, 0.15) is 23.7 Å². The molecular weight excluding hydrogens is 392 g/mol. The summed E-state index contributed by atoms with van der Waals surface area (Å²) in [5.74, 6) is 1.82. The van der Waals surface area contributed by atoms with E-state index in [1.807, 2.05) is 42.5 Å². The van der Waals surface area contributed by atoms with Crippen LogP contribution in [0.4, 0.5) is 23.0 Å². The Kier molecular flexibility index (Phi) is 6.59. The summed E-state index contributed by atoms with van der Waals surface area (Å²) < 4.78 is 5.65. The molecule has 31 heavy (non-hydrogen) atoms. The number of nitrogens with zero attached hydrogens (tertiary/aromatic N) is 3. The first-order valence-electron chi connectivity index (χ1n) is 10.3. The number of rotatable bonds is 1. The summed E-state index contributed by atoms with van der Waals surface area (Å²) in [6, 6.07) is 17.5. The smallest absolute Gasteiger partial charge is 0.257 e. The lowest BCUT2D eigenvalue weighted by Gasteiger charge is -2.21. The summed E-state index contributed by atoms with van der Waals surface area (Å²) in [5, 5.41) is 9.53. The van der Waals surface area contributed by atoms with Gasteiger partial charge in [-0.1, -0.05) is 25.1 Å². The fourth-order valence-corrected chi connectivity index (χ4v) is 3.36. The largest absolute Gasteiger partial charge is 0.484 e. The Balaban J connectivity index is 1.61. The molecule has 6 bridgehead atoms. The van der Waals surface area contributed by atoms with Gasteiger partial charge in [0.25, 0.3) is 5.91 Å². The fourth-order valence-electron chi connectivity index (χ4n) is 3.36. The van der Waals surface area contributed by atoms with Crippen LogP contribution >= 0.6 is 0 Å². The quantitative estimate of drug-likeness (QED) is 0.559. The average molecular weight is 419 g/mol. The van der Waals surface area contributed by atoms with E-state index in [9.17, 15) is 4.79 Å². The van der Waals surface area contributed by atoms with Crippen molar-refractivity contribution in [3.8, 4) is 5.75 Å². The lowest BCUT2D eigenvalue weighted by molar-refractivity contribution is -0.123. The zero-order valence-corrected chi connectivity index (χ0v) is 17.5. The highest BCUT2D eigenvalue weighted by Crippen LogP contribution is 2.23. The van der Waals surface area contributed by atoms with Crippen LogP contribution in [0.1, 0.15) is 12.5 Å². The maximum atomic E-state index is 12.2. The number of hydrogen-bond donors (Lipinski definition) is 3. The van der Waals surface area contributed by atoms with Crippen molar-refractivity contribution >= 4 is 28.9 Å². The number of nitrogens with one attached hydrogen (secondary N) is 3. The Morgan fingerprint density at radius 3 is 2.52 bits per heavy atom. The molecule has 0 saturated carbocycles. The van der Waals surface area contributed by atoms with Gasteiger partial charge in [0.2, 0.25) is 0 Å². The number of fused-ring (bicyclic) bond motifs is 6. The minimum atomic E-state index is -0.140. The Bertz CT molecular complexity index is 1040. The predicted molar refractivity (Wildman–Crippen MR) is 121 cm³/mol. The molecule has 0 aliphatic carbocycles. The van der Waals surface area contributed by atoms with E-state index in [0.29, 0.717) is 23.9 Å². The molecule has 0 unspecified atom stereocenters. The number of hydrogen-bond acceptors (Lipinski definition) is 7. The van der Waals surface area contributed by atoms with Crippen molar-refractivity contribution in [3.63, 3.8) is 0 Å². The minimum Gasteiger partial charge on any atom is -0.484 e. The third-order valence-electron chi connectivity index (χ3n) is 4.95. The number of benzene rings is 2. The molecule has 3 aromatic rings. The molecule has 0 spiro atoms. The number of amides is 1. The summed E-state index contributed by atoms with van der Waals surface area (Å²) in [5.41, 5.74) is 2.95. The second kappa shape index (κ2) is 9.90. The molecule has 0 fully saturated rings. The normalized spacial score (nSPS) is 15.2. The van der Waals surface area contributed by atoms with Crippen molar-refractivity contribution < 1.29 is 9.53 Å². The molecule has 0 radical (unpaired) electrons. The molecule has 1 aromatic heterocycles. The standard InChI is InChI=1S/C23H26N6O2/c1-2-29-10-9-24-23(30)15-31-20-8-4-7-19(12-20)28-22-13-21(25-16-26-22)27-18-6-3-5-17(11-18)14-29/h3-8,11-13,16H,2,9-10,14-15H2,1H3,(H,24,30)(H2,25,26,27,28). The van der Waals surface area contributed by atoms with E-state index < -0.39 is 0 Å². The van der Waals surface area contributed by atoms with Crippen molar-refractivity contribution in [1.82, 2.24) is 20.2 Å². The highest BCUT2D eigenvalue weighted by atomic mass is 16.5. The number of anilines is 4. The summed E-state index contributed by atoms with van der Waals surface area (Å²) in [6.07, 6.45) is 1.51. The molecule has 8 heteroatoms. The molecule has 4 rings (SSSR count). The van der Waals surface area contributed by atoms with Crippen LogP contribution in [0.15, 0.2) is 60.9 Å². The summed E-state index contributed by atoms with van der Waals surface area (Å²) in [4.78, 5) is 23.1. The third kappa shape index (κ3) is 5.93. The third-order valence-corrected chi connectivity index (χ3v) is 4.95. The number of likely N-dealkylation sites (N-methyl/N-ethyl adjacent to an activating group) is 1. The number of carbonyl (C=O) groups is 1. The summed E-state index contributed by atoms with van der Waals surface area (Å²) in [7, 11) is 0. The molecule has 1 aliphatic heterocycles. The van der Waals surface area contributed by atoms with Crippen molar-refractivity contribution in [2.45, 2.75) is 13.5 Å². The molecule has 8 nitrogen and oxygen atoms in total. The lowest BCUT2D eigenvalue weighted by Crippen LogP contribution is -2.36. The van der Waals surface area contributed by atoms with Crippen molar-refractivity contribution in [3.05, 3.63) is 66.5 Å². The Labute approximate surface area is 181 Å². The van der Waals surface area contributed by atoms with Crippen LogP contribution in [-0.2, 0) is 11.3 Å². The predicted octanol–water partition coefficient (Wildman–Crippen LogP) is 3.29. The van der Waals surface area contributed by atoms with E-state index in [1.54, 1.807) is 0 Å². The second-order valence-corrected chi connectivity index (χ2v) is 7.27. The molecular formula is C23H26N6O2. The van der Waals surface area contributed by atoms with Gasteiger partial charge in [0.05, 0.1) is 0 Å². The first-order chi connectivity index (χ1) is 15.2. The molecule has 3 N–H and O–H groups in total. The minimum absolute atomic E-state index is 0.0286. The molecule has 1 aliphatic rings. The van der Waals surface area contributed by atoms with E-state index in [2.05, 4.69) is 49.9 Å². The van der Waals surface area contributed by atoms with Gasteiger partial charge in [-0.05, 0) is 36.4 Å². The first-order valence-corrected chi connectivity index (χ1v) is 10.3. The van der Waals surface area contributed by atoms with Gasteiger partial charge < -0.3 is 20.7 Å². The van der Waals surface area contributed by atoms with E-state index >= 15 is 0 Å². The van der Waals surface area contributed by atoms with Crippen LogP contribution in [0.2, 0.25) is 0 Å². The zero-order chi connectivity index (χ0) is 21.5. The van der Waals surface area contributed by atoms with Crippen molar-refractivity contribution in [1.29, 1.82) is 0 Å². The molecule has 160 valence electrons. The number of ether oxygens (including phenoxy) is 1. The van der Waals surface area contributed by atoms with Crippen LogP contribution in [0.3, 0.4) is 0 Å². The number of carbonyl (C=O) groups excluding carboxylic acids is 1. The molecule has 0 saturated heterocycles. The lowest BCUT2D eigenvalue weighted by atomic mass is 10.2. The van der Waals surface area contributed by atoms with Crippen LogP contribution < -0.4 is 20.7 Å². The van der Waals surface area contributed by atoms with Crippen LogP contribution in [0.5, 0.6) is 5.75 Å². The van der Waals surface area contributed by atoms with Crippen LogP contribution in [0, 0.1) is 0 Å². The number of aromatic nitrogens is 2. The Morgan fingerprint density at radius 2 is 1.74 bits per heavy atom. The molecule has 2 aromatic carbocycles. The fraction of sp³-hybridized carbons (Fsp3) is 0.261. The van der Waals surface area contributed by atoms with E-state index in [-0.39, 0.29) is 12.5 Å². The van der Waals surface area contributed by atoms with Crippen molar-refractivity contribution in [2.75, 3.05) is 36.9 Å². The molecule has 2 heterocycles. The highest BCUT2D eigenvalue weighted by molar-refractivity contribution is 5.77. The Hall–Kier alpha value is -3.65. The van der Waals surface area contributed by atoms with Gasteiger partial charge in [0.15, 0.2) is 6.61 Å².